The molecule has 1 amide bonds. The van der Waals surface area contributed by atoms with Crippen LogP contribution in [0.1, 0.15) is 39.5 Å². The molecule has 0 aliphatic heterocycles. The molecule has 0 heterocycles. The first kappa shape index (κ1) is 14.8. The Morgan fingerprint density at radius 2 is 2.06 bits per heavy atom. The van der Waals surface area contributed by atoms with E-state index >= 15 is 0 Å². The molecule has 3 nitrogen and oxygen atoms in total. The number of allylic oxidation sites excluding steroid dienone is 2. The fraction of sp³-hybridized carbons (Fsp3) is 0.615. The first-order chi connectivity index (χ1) is 7.61. The van der Waals surface area contributed by atoms with Crippen LogP contribution in [0.5, 0.6) is 0 Å². The topological polar surface area (TPSA) is 40.5 Å². The van der Waals surface area contributed by atoms with E-state index in [0.717, 1.165) is 32.4 Å². The van der Waals surface area contributed by atoms with Gasteiger partial charge in [-0.3, -0.25) is 4.79 Å². The van der Waals surface area contributed by atoms with E-state index in [2.05, 4.69) is 6.58 Å². The third-order valence-electron chi connectivity index (χ3n) is 2.40. The second kappa shape index (κ2) is 9.01. The summed E-state index contributed by atoms with van der Waals surface area (Å²) < 4.78 is 0. The molecule has 0 aliphatic carbocycles. The Morgan fingerprint density at radius 1 is 1.38 bits per heavy atom. The van der Waals surface area contributed by atoms with E-state index < -0.39 is 0 Å². The monoisotopic (exact) mass is 225 g/mol. The van der Waals surface area contributed by atoms with E-state index in [1.807, 2.05) is 18.7 Å². The molecule has 0 rings (SSSR count). The van der Waals surface area contributed by atoms with Crippen LogP contribution in [0, 0.1) is 0 Å². The van der Waals surface area contributed by atoms with Gasteiger partial charge in [-0.25, -0.2) is 0 Å². The minimum absolute atomic E-state index is 0.0802. The Balaban J connectivity index is 3.71. The fourth-order valence-electron chi connectivity index (χ4n) is 1.48. The maximum Gasteiger partial charge on any atom is 0.246 e. The Bertz CT molecular complexity index is 246. The average molecular weight is 225 g/mol. The highest BCUT2D eigenvalue weighted by molar-refractivity contribution is 5.87. The molecule has 0 aromatic rings. The Labute approximate surface area is 98.5 Å². The predicted octanol–water partition coefficient (Wildman–Crippen LogP) is 3.04. The number of aliphatic hydroxyl groups excluding tert-OH is 1. The van der Waals surface area contributed by atoms with E-state index in [9.17, 15) is 4.79 Å². The molecule has 0 spiro atoms. The molecule has 0 radical (unpaired) electrons. The van der Waals surface area contributed by atoms with Crippen LogP contribution in [-0.2, 0) is 4.79 Å². The number of carbonyl (C=O) groups is 1. The highest BCUT2D eigenvalue weighted by Crippen LogP contribution is 2.05. The van der Waals surface area contributed by atoms with Crippen molar-refractivity contribution >= 4 is 5.91 Å². The molecule has 0 bridgehead atoms. The zero-order valence-electron chi connectivity index (χ0n) is 10.4. The molecule has 0 fully saturated rings. The number of nitrogens with zero attached hydrogens (tertiary/aromatic N) is 1. The molecule has 0 aromatic carbocycles. The highest BCUT2D eigenvalue weighted by Gasteiger charge is 2.06. The summed E-state index contributed by atoms with van der Waals surface area (Å²) >= 11 is 0. The van der Waals surface area contributed by atoms with Gasteiger partial charge in [0.05, 0.1) is 5.76 Å². The second-order valence-corrected chi connectivity index (χ2v) is 3.79. The summed E-state index contributed by atoms with van der Waals surface area (Å²) in [5.41, 5.74) is 0. The molecule has 0 atom stereocenters. The largest absolute Gasteiger partial charge is 0.513 e. The number of hydrogen-bond donors (Lipinski definition) is 1. The van der Waals surface area contributed by atoms with Gasteiger partial charge in [0.2, 0.25) is 5.91 Å². The minimum atomic E-state index is 0.0802. The maximum atomic E-state index is 11.5. The summed E-state index contributed by atoms with van der Waals surface area (Å²) in [5, 5.41) is 8.90. The van der Waals surface area contributed by atoms with Crippen molar-refractivity contribution in [2.75, 3.05) is 13.1 Å². The summed E-state index contributed by atoms with van der Waals surface area (Å²) in [4.78, 5) is 13.4. The van der Waals surface area contributed by atoms with Crippen LogP contribution in [0.2, 0.25) is 0 Å². The van der Waals surface area contributed by atoms with Gasteiger partial charge in [0.25, 0.3) is 0 Å². The van der Waals surface area contributed by atoms with E-state index in [1.165, 1.54) is 0 Å². The van der Waals surface area contributed by atoms with E-state index in [0.29, 0.717) is 6.42 Å². The predicted molar refractivity (Wildman–Crippen MR) is 67.3 cm³/mol. The molecule has 3 heteroatoms. The number of likely N-dealkylation sites (N-methyl/N-ethyl adjacent to an activating group) is 1. The lowest BCUT2D eigenvalue weighted by Gasteiger charge is -2.18. The van der Waals surface area contributed by atoms with Crippen LogP contribution in [0.3, 0.4) is 0 Å². The summed E-state index contributed by atoms with van der Waals surface area (Å²) in [5.74, 6) is 0.328. The normalized spacial score (nSPS) is 10.6. The molecule has 0 saturated heterocycles. The summed E-state index contributed by atoms with van der Waals surface area (Å²) in [6.07, 6.45) is 6.95. The number of amides is 1. The van der Waals surface area contributed by atoms with Crippen LogP contribution in [0.25, 0.3) is 0 Å². The van der Waals surface area contributed by atoms with Crippen LogP contribution < -0.4 is 0 Å². The van der Waals surface area contributed by atoms with Gasteiger partial charge in [-0.05, 0) is 32.8 Å². The maximum absolute atomic E-state index is 11.5. The first-order valence-electron chi connectivity index (χ1n) is 5.90. The number of carbonyl (C=O) groups excluding carboxylic acids is 1. The van der Waals surface area contributed by atoms with Gasteiger partial charge in [0.15, 0.2) is 0 Å². The van der Waals surface area contributed by atoms with E-state index in [1.54, 1.807) is 12.2 Å². The molecular weight excluding hydrogens is 202 g/mol. The lowest BCUT2D eigenvalue weighted by molar-refractivity contribution is -0.125. The minimum Gasteiger partial charge on any atom is -0.513 e. The van der Waals surface area contributed by atoms with Crippen molar-refractivity contribution in [3.05, 3.63) is 24.5 Å². The molecule has 0 aromatic heterocycles. The Morgan fingerprint density at radius 3 is 2.56 bits per heavy atom. The summed E-state index contributed by atoms with van der Waals surface area (Å²) in [6.45, 7) is 8.80. The molecule has 16 heavy (non-hydrogen) atoms. The van der Waals surface area contributed by atoms with Gasteiger partial charge >= 0.3 is 0 Å². The van der Waals surface area contributed by atoms with Gasteiger partial charge in [0.1, 0.15) is 0 Å². The van der Waals surface area contributed by atoms with Crippen LogP contribution >= 0.6 is 0 Å². The number of unbranched alkanes of at least 4 members (excludes halogenated alkanes) is 2. The molecule has 0 unspecified atom stereocenters. The Kier molecular flexibility index (Phi) is 8.31. The number of hydrogen-bond acceptors (Lipinski definition) is 2. The van der Waals surface area contributed by atoms with E-state index in [-0.39, 0.29) is 11.7 Å². The van der Waals surface area contributed by atoms with Crippen molar-refractivity contribution in [2.45, 2.75) is 39.5 Å². The van der Waals surface area contributed by atoms with Crippen molar-refractivity contribution in [1.29, 1.82) is 0 Å². The molecule has 92 valence electrons. The third-order valence-corrected chi connectivity index (χ3v) is 2.40. The zero-order valence-corrected chi connectivity index (χ0v) is 10.4. The van der Waals surface area contributed by atoms with Crippen LogP contribution in [-0.4, -0.2) is 29.0 Å². The van der Waals surface area contributed by atoms with Gasteiger partial charge in [0, 0.05) is 19.5 Å². The highest BCUT2D eigenvalue weighted by atomic mass is 16.3. The van der Waals surface area contributed by atoms with Crippen LogP contribution in [0.4, 0.5) is 0 Å². The number of aliphatic hydroxyl groups is 1. The average Bonchev–Trinajstić information content (AvgIpc) is 2.23. The van der Waals surface area contributed by atoms with Gasteiger partial charge in [-0.2, -0.15) is 0 Å². The summed E-state index contributed by atoms with van der Waals surface area (Å²) in [6, 6.07) is 0. The second-order valence-electron chi connectivity index (χ2n) is 3.79. The van der Waals surface area contributed by atoms with Crippen molar-refractivity contribution in [3.63, 3.8) is 0 Å². The number of rotatable bonds is 8. The Hall–Kier alpha value is -1.25. The lowest BCUT2D eigenvalue weighted by Crippen LogP contribution is -2.30. The van der Waals surface area contributed by atoms with Crippen molar-refractivity contribution in [1.82, 2.24) is 4.90 Å². The first-order valence-corrected chi connectivity index (χ1v) is 5.90. The zero-order chi connectivity index (χ0) is 12.4. The van der Waals surface area contributed by atoms with Crippen molar-refractivity contribution in [3.8, 4) is 0 Å². The molecule has 0 aliphatic rings. The van der Waals surface area contributed by atoms with Crippen molar-refractivity contribution in [2.24, 2.45) is 0 Å². The molecule has 0 saturated carbocycles. The SMILES string of the molecule is C=C(O)CCCCCN(CC)C(=O)/C=C\C. The third kappa shape index (κ3) is 7.10. The molecule has 1 N–H and O–H groups in total. The fourth-order valence-corrected chi connectivity index (χ4v) is 1.48. The smallest absolute Gasteiger partial charge is 0.246 e. The quantitative estimate of drug-likeness (QED) is 0.392. The van der Waals surface area contributed by atoms with Gasteiger partial charge in [-0.1, -0.05) is 19.1 Å². The lowest BCUT2D eigenvalue weighted by atomic mass is 10.1. The van der Waals surface area contributed by atoms with Crippen molar-refractivity contribution < 1.29 is 9.90 Å². The van der Waals surface area contributed by atoms with Gasteiger partial charge in [-0.15, -0.1) is 0 Å². The molecular formula is C13H23NO2. The van der Waals surface area contributed by atoms with Gasteiger partial charge < -0.3 is 10.0 Å². The van der Waals surface area contributed by atoms with E-state index in [4.69, 9.17) is 5.11 Å². The standard InChI is InChI=1S/C13H23NO2/c1-4-9-13(16)14(5-2)11-8-6-7-10-12(3)15/h4,9,15H,3,5-8,10-11H2,1-2H3/b9-4-. The van der Waals surface area contributed by atoms with Crippen LogP contribution in [0.15, 0.2) is 24.5 Å². The summed E-state index contributed by atoms with van der Waals surface area (Å²) in [7, 11) is 0.